The summed E-state index contributed by atoms with van der Waals surface area (Å²) >= 11 is 0. The lowest BCUT2D eigenvalue weighted by Gasteiger charge is -2.15. The lowest BCUT2D eigenvalue weighted by molar-refractivity contribution is -0.123. The van der Waals surface area contributed by atoms with Crippen molar-refractivity contribution in [3.05, 3.63) is 72.1 Å². The zero-order valence-corrected chi connectivity index (χ0v) is 15.0. The molecule has 26 heavy (non-hydrogen) atoms. The number of aromatic nitrogens is 2. The van der Waals surface area contributed by atoms with E-state index in [0.29, 0.717) is 5.75 Å². The molecule has 0 aliphatic rings. The molecule has 5 nitrogen and oxygen atoms in total. The van der Waals surface area contributed by atoms with Crippen molar-refractivity contribution in [1.82, 2.24) is 15.5 Å². The molecule has 0 saturated carbocycles. The fourth-order valence-corrected chi connectivity index (χ4v) is 2.73. The van der Waals surface area contributed by atoms with Gasteiger partial charge in [-0.15, -0.1) is 0 Å². The molecule has 0 radical (unpaired) electrons. The second kappa shape index (κ2) is 8.34. The van der Waals surface area contributed by atoms with E-state index in [1.165, 1.54) is 5.56 Å². The number of hydrogen-bond acceptors (Lipinski definition) is 3. The Morgan fingerprint density at radius 2 is 2.00 bits per heavy atom. The van der Waals surface area contributed by atoms with E-state index in [9.17, 15) is 4.79 Å². The third-order valence-electron chi connectivity index (χ3n) is 4.30. The molecule has 1 amide bonds. The number of aryl methyl sites for hydroxylation is 1. The van der Waals surface area contributed by atoms with E-state index in [4.69, 9.17) is 4.74 Å². The summed E-state index contributed by atoms with van der Waals surface area (Å²) < 4.78 is 5.64. The van der Waals surface area contributed by atoms with Crippen LogP contribution in [0.5, 0.6) is 5.75 Å². The van der Waals surface area contributed by atoms with Gasteiger partial charge in [-0.3, -0.25) is 9.89 Å². The molecule has 0 aliphatic heterocycles. The van der Waals surface area contributed by atoms with Crippen molar-refractivity contribution in [3.63, 3.8) is 0 Å². The maximum absolute atomic E-state index is 12.2. The molecule has 0 spiro atoms. The summed E-state index contributed by atoms with van der Waals surface area (Å²) in [6.07, 6.45) is 4.57. The molecule has 0 bridgehead atoms. The van der Waals surface area contributed by atoms with Crippen LogP contribution in [0.15, 0.2) is 60.9 Å². The van der Waals surface area contributed by atoms with Gasteiger partial charge in [-0.2, -0.15) is 5.10 Å². The molecule has 0 saturated heterocycles. The van der Waals surface area contributed by atoms with E-state index in [1.807, 2.05) is 37.4 Å². The predicted octanol–water partition coefficient (Wildman–Crippen LogP) is 3.90. The highest BCUT2D eigenvalue weighted by Crippen LogP contribution is 2.22. The van der Waals surface area contributed by atoms with Gasteiger partial charge in [0.2, 0.25) is 0 Å². The first-order valence-electron chi connectivity index (χ1n) is 8.76. The van der Waals surface area contributed by atoms with Crippen LogP contribution in [0.25, 0.3) is 11.1 Å². The number of benzene rings is 2. The Morgan fingerprint density at radius 3 is 2.69 bits per heavy atom. The first-order chi connectivity index (χ1) is 12.7. The van der Waals surface area contributed by atoms with Crippen molar-refractivity contribution in [1.29, 1.82) is 0 Å². The summed E-state index contributed by atoms with van der Waals surface area (Å²) in [5, 5.41) is 9.70. The molecule has 3 aromatic rings. The van der Waals surface area contributed by atoms with Crippen molar-refractivity contribution >= 4 is 5.91 Å². The Kier molecular flexibility index (Phi) is 5.69. The molecule has 1 heterocycles. The van der Waals surface area contributed by atoms with E-state index >= 15 is 0 Å². The SMILES string of the molecule is CCc1ccc([C@H](C)NC(=O)COc2cccc(-c3cn[nH]c3)c2)cc1. The number of carbonyl (C=O) groups excluding carboxylic acids is 1. The number of H-pyrrole nitrogens is 1. The number of nitrogens with zero attached hydrogens (tertiary/aromatic N) is 1. The molecular weight excluding hydrogens is 326 g/mol. The smallest absolute Gasteiger partial charge is 0.258 e. The Morgan fingerprint density at radius 1 is 1.19 bits per heavy atom. The number of carbonyl (C=O) groups is 1. The van der Waals surface area contributed by atoms with E-state index in [-0.39, 0.29) is 18.6 Å². The lowest BCUT2D eigenvalue weighted by atomic mass is 10.1. The van der Waals surface area contributed by atoms with Crippen LogP contribution in [-0.4, -0.2) is 22.7 Å². The third kappa shape index (κ3) is 4.51. The summed E-state index contributed by atoms with van der Waals surface area (Å²) in [5.74, 6) is 0.504. The first kappa shape index (κ1) is 17.7. The average Bonchev–Trinajstić information content (AvgIpc) is 3.21. The van der Waals surface area contributed by atoms with Gasteiger partial charge in [-0.25, -0.2) is 0 Å². The number of aromatic amines is 1. The van der Waals surface area contributed by atoms with Crippen molar-refractivity contribution < 1.29 is 9.53 Å². The average molecular weight is 349 g/mol. The molecule has 0 unspecified atom stereocenters. The molecule has 2 aromatic carbocycles. The van der Waals surface area contributed by atoms with Gasteiger partial charge in [0.15, 0.2) is 6.61 Å². The monoisotopic (exact) mass is 349 g/mol. The van der Waals surface area contributed by atoms with Crippen LogP contribution < -0.4 is 10.1 Å². The van der Waals surface area contributed by atoms with Crippen LogP contribution >= 0.6 is 0 Å². The highest BCUT2D eigenvalue weighted by molar-refractivity contribution is 5.78. The third-order valence-corrected chi connectivity index (χ3v) is 4.30. The number of amides is 1. The van der Waals surface area contributed by atoms with Gasteiger partial charge >= 0.3 is 0 Å². The second-order valence-electron chi connectivity index (χ2n) is 6.19. The number of rotatable bonds is 7. The van der Waals surface area contributed by atoms with Gasteiger partial charge < -0.3 is 10.1 Å². The van der Waals surface area contributed by atoms with Crippen LogP contribution in [-0.2, 0) is 11.2 Å². The van der Waals surface area contributed by atoms with Crippen LogP contribution in [0, 0.1) is 0 Å². The summed E-state index contributed by atoms with van der Waals surface area (Å²) in [7, 11) is 0. The van der Waals surface area contributed by atoms with Gasteiger partial charge in [0.25, 0.3) is 5.91 Å². The van der Waals surface area contributed by atoms with E-state index in [1.54, 1.807) is 6.20 Å². The summed E-state index contributed by atoms with van der Waals surface area (Å²) in [6, 6.07) is 15.8. The largest absolute Gasteiger partial charge is 0.484 e. The minimum absolute atomic E-state index is 0.0216. The minimum Gasteiger partial charge on any atom is -0.484 e. The normalized spacial score (nSPS) is 11.8. The second-order valence-corrected chi connectivity index (χ2v) is 6.19. The summed E-state index contributed by atoms with van der Waals surface area (Å²) in [5.41, 5.74) is 4.33. The molecule has 0 fully saturated rings. The van der Waals surface area contributed by atoms with Crippen molar-refractivity contribution in [3.8, 4) is 16.9 Å². The zero-order chi connectivity index (χ0) is 18.4. The molecule has 2 N–H and O–H groups in total. The molecular formula is C21H23N3O2. The Hall–Kier alpha value is -3.08. The van der Waals surface area contributed by atoms with Crippen molar-refractivity contribution in [2.24, 2.45) is 0 Å². The highest BCUT2D eigenvalue weighted by atomic mass is 16.5. The maximum atomic E-state index is 12.2. The van der Waals surface area contributed by atoms with E-state index in [0.717, 1.165) is 23.1 Å². The Bertz CT molecular complexity index is 842. The van der Waals surface area contributed by atoms with Gasteiger partial charge in [-0.05, 0) is 42.2 Å². The number of ether oxygens (including phenoxy) is 1. The fourth-order valence-electron chi connectivity index (χ4n) is 2.73. The fraction of sp³-hybridized carbons (Fsp3) is 0.238. The van der Waals surface area contributed by atoms with E-state index < -0.39 is 0 Å². The van der Waals surface area contributed by atoms with Crippen molar-refractivity contribution in [2.45, 2.75) is 26.3 Å². The highest BCUT2D eigenvalue weighted by Gasteiger charge is 2.10. The number of hydrogen-bond donors (Lipinski definition) is 2. The van der Waals surface area contributed by atoms with Crippen molar-refractivity contribution in [2.75, 3.05) is 6.61 Å². The van der Waals surface area contributed by atoms with Gasteiger partial charge in [0.05, 0.1) is 12.2 Å². The minimum atomic E-state index is -0.147. The molecule has 134 valence electrons. The quantitative estimate of drug-likeness (QED) is 0.680. The Labute approximate surface area is 153 Å². The zero-order valence-electron chi connectivity index (χ0n) is 15.0. The number of nitrogens with one attached hydrogen (secondary N) is 2. The molecule has 5 heteroatoms. The molecule has 1 aromatic heterocycles. The van der Waals surface area contributed by atoms with Gasteiger partial charge in [0, 0.05) is 11.8 Å². The summed E-state index contributed by atoms with van der Waals surface area (Å²) in [6.45, 7) is 4.07. The topological polar surface area (TPSA) is 67.0 Å². The van der Waals surface area contributed by atoms with Crippen LogP contribution in [0.4, 0.5) is 0 Å². The lowest BCUT2D eigenvalue weighted by Crippen LogP contribution is -2.31. The first-order valence-corrected chi connectivity index (χ1v) is 8.76. The maximum Gasteiger partial charge on any atom is 0.258 e. The van der Waals surface area contributed by atoms with Crippen LogP contribution in [0.1, 0.15) is 31.0 Å². The van der Waals surface area contributed by atoms with Crippen LogP contribution in [0.2, 0.25) is 0 Å². The summed E-state index contributed by atoms with van der Waals surface area (Å²) in [4.78, 5) is 12.2. The van der Waals surface area contributed by atoms with Gasteiger partial charge in [0.1, 0.15) is 5.75 Å². The van der Waals surface area contributed by atoms with Gasteiger partial charge in [-0.1, -0.05) is 43.3 Å². The van der Waals surface area contributed by atoms with E-state index in [2.05, 4.69) is 46.7 Å². The van der Waals surface area contributed by atoms with Crippen LogP contribution in [0.3, 0.4) is 0 Å². The molecule has 1 atom stereocenters. The predicted molar refractivity (Wildman–Crippen MR) is 102 cm³/mol. The Balaban J connectivity index is 1.54. The standard InChI is InChI=1S/C21H23N3O2/c1-3-16-7-9-17(10-8-16)15(2)24-21(25)14-26-20-6-4-5-18(11-20)19-12-22-23-13-19/h4-13,15H,3,14H2,1-2H3,(H,22,23)(H,24,25)/t15-/m0/s1. The molecule has 0 aliphatic carbocycles. The molecule has 3 rings (SSSR count).